The Morgan fingerprint density at radius 3 is 2.51 bits per heavy atom. The minimum atomic E-state index is -0.536. The van der Waals surface area contributed by atoms with Gasteiger partial charge >= 0.3 is 0 Å². The largest absolute Gasteiger partial charge is 0.380 e. The molecule has 11 heteroatoms. The van der Waals surface area contributed by atoms with Crippen LogP contribution in [0.15, 0.2) is 49.1 Å². The topological polar surface area (TPSA) is 152 Å². The highest BCUT2D eigenvalue weighted by Crippen LogP contribution is 2.44. The van der Waals surface area contributed by atoms with E-state index in [-0.39, 0.29) is 30.3 Å². The second-order valence-corrected chi connectivity index (χ2v) is 9.58. The third-order valence-corrected chi connectivity index (χ3v) is 7.39. The molecule has 2 aromatic heterocycles. The molecule has 11 nitrogen and oxygen atoms in total. The van der Waals surface area contributed by atoms with E-state index in [2.05, 4.69) is 20.4 Å². The van der Waals surface area contributed by atoms with Crippen LogP contribution in [0.4, 0.5) is 5.95 Å². The maximum atomic E-state index is 12.9. The van der Waals surface area contributed by atoms with Crippen molar-refractivity contribution in [1.82, 2.24) is 30.0 Å². The summed E-state index contributed by atoms with van der Waals surface area (Å²) >= 11 is 0. The average molecular weight is 503 g/mol. The molecule has 37 heavy (non-hydrogen) atoms. The smallest absolute Gasteiger partial charge is 0.259 e. The zero-order valence-electron chi connectivity index (χ0n) is 20.7. The molecule has 1 aromatic carbocycles. The van der Waals surface area contributed by atoms with Crippen LogP contribution in [0.1, 0.15) is 41.6 Å². The highest BCUT2D eigenvalue weighted by Gasteiger charge is 2.43. The molecule has 1 aliphatic heterocycles. The van der Waals surface area contributed by atoms with Crippen molar-refractivity contribution in [3.05, 3.63) is 60.2 Å². The van der Waals surface area contributed by atoms with Gasteiger partial charge in [0.05, 0.1) is 23.3 Å². The number of amides is 2. The van der Waals surface area contributed by atoms with Gasteiger partial charge in [-0.2, -0.15) is 5.10 Å². The molecule has 3 aromatic rings. The van der Waals surface area contributed by atoms with Crippen LogP contribution in [0.25, 0.3) is 11.1 Å². The number of nitrogens with zero attached hydrogens (tertiary/aromatic N) is 5. The average Bonchev–Trinajstić information content (AvgIpc) is 3.54. The van der Waals surface area contributed by atoms with E-state index in [1.165, 1.54) is 10.9 Å². The fraction of sp³-hybridized carbons (Fsp3) is 0.385. The molecule has 2 fully saturated rings. The van der Waals surface area contributed by atoms with E-state index in [1.54, 1.807) is 30.6 Å². The van der Waals surface area contributed by atoms with Crippen molar-refractivity contribution in [2.75, 3.05) is 25.9 Å². The molecule has 0 bridgehead atoms. The van der Waals surface area contributed by atoms with Crippen LogP contribution in [0, 0.1) is 5.41 Å². The van der Waals surface area contributed by atoms with Crippen molar-refractivity contribution >= 4 is 23.6 Å². The van der Waals surface area contributed by atoms with Gasteiger partial charge in [-0.25, -0.2) is 9.97 Å². The highest BCUT2D eigenvalue weighted by atomic mass is 16.5. The van der Waals surface area contributed by atoms with Gasteiger partial charge in [0.1, 0.15) is 12.4 Å². The summed E-state index contributed by atoms with van der Waals surface area (Å²) in [6, 6.07) is 7.91. The fourth-order valence-corrected chi connectivity index (χ4v) is 4.94. The van der Waals surface area contributed by atoms with E-state index in [1.807, 2.05) is 24.3 Å². The molecule has 2 aliphatic rings. The van der Waals surface area contributed by atoms with Crippen LogP contribution >= 0.6 is 0 Å². The van der Waals surface area contributed by atoms with E-state index in [0.717, 1.165) is 42.4 Å². The number of likely N-dealkylation sites (tertiary alicyclic amines) is 1. The van der Waals surface area contributed by atoms with Crippen molar-refractivity contribution < 1.29 is 14.3 Å². The number of amidine groups is 1. The lowest BCUT2D eigenvalue weighted by molar-refractivity contribution is -0.131. The van der Waals surface area contributed by atoms with Gasteiger partial charge in [-0.05, 0) is 30.4 Å². The first kappa shape index (κ1) is 24.6. The predicted molar refractivity (Wildman–Crippen MR) is 137 cm³/mol. The number of nitrogens with one attached hydrogen (secondary N) is 2. The molecule has 1 saturated heterocycles. The van der Waals surface area contributed by atoms with Gasteiger partial charge in [-0.15, -0.1) is 0 Å². The summed E-state index contributed by atoms with van der Waals surface area (Å²) in [5, 5.41) is 15.7. The summed E-state index contributed by atoms with van der Waals surface area (Å²) in [5.41, 5.74) is 8.12. The quantitative estimate of drug-likeness (QED) is 0.330. The maximum absolute atomic E-state index is 12.9. The van der Waals surface area contributed by atoms with E-state index in [0.29, 0.717) is 18.7 Å². The SMILES string of the molecule is CO[C@@H]1CCN(C(=O)Cn2cc(C(=O)NC(=N)C3(c4ccc(-c5cnc(N)nc5)cc4)CCC3)cn2)C1. The van der Waals surface area contributed by atoms with Gasteiger partial charge in [0.25, 0.3) is 5.91 Å². The van der Waals surface area contributed by atoms with Gasteiger partial charge in [-0.1, -0.05) is 30.7 Å². The first-order chi connectivity index (χ1) is 17.9. The van der Waals surface area contributed by atoms with E-state index in [9.17, 15) is 9.59 Å². The molecule has 5 rings (SSSR count). The first-order valence-corrected chi connectivity index (χ1v) is 12.3. The predicted octanol–water partition coefficient (Wildman–Crippen LogP) is 2.00. The zero-order chi connectivity index (χ0) is 26.0. The Labute approximate surface area is 214 Å². The van der Waals surface area contributed by atoms with Crippen LogP contribution in [0.3, 0.4) is 0 Å². The van der Waals surface area contributed by atoms with Crippen molar-refractivity contribution in [2.24, 2.45) is 0 Å². The molecule has 192 valence electrons. The molecule has 2 amide bonds. The van der Waals surface area contributed by atoms with Crippen LogP contribution in [0.2, 0.25) is 0 Å². The third-order valence-electron chi connectivity index (χ3n) is 7.39. The normalized spacial score (nSPS) is 18.3. The molecule has 1 atom stereocenters. The fourth-order valence-electron chi connectivity index (χ4n) is 4.94. The number of hydrogen-bond donors (Lipinski definition) is 3. The molecule has 1 saturated carbocycles. The molecule has 0 spiro atoms. The number of anilines is 1. The molecular formula is C26H30N8O3. The Bertz CT molecular complexity index is 1300. The second kappa shape index (κ2) is 10.1. The van der Waals surface area contributed by atoms with Crippen LogP contribution < -0.4 is 11.1 Å². The van der Waals surface area contributed by atoms with Crippen molar-refractivity contribution in [3.8, 4) is 11.1 Å². The molecule has 0 radical (unpaired) electrons. The maximum Gasteiger partial charge on any atom is 0.259 e. The minimum Gasteiger partial charge on any atom is -0.380 e. The van der Waals surface area contributed by atoms with Crippen LogP contribution in [-0.4, -0.2) is 68.6 Å². The van der Waals surface area contributed by atoms with Crippen molar-refractivity contribution in [1.29, 1.82) is 5.41 Å². The van der Waals surface area contributed by atoms with Gasteiger partial charge in [0, 0.05) is 44.4 Å². The number of carbonyl (C=O) groups is 2. The summed E-state index contributed by atoms with van der Waals surface area (Å²) in [6.45, 7) is 1.27. The number of nitrogens with two attached hydrogens (primary N) is 1. The number of ether oxygens (including phenoxy) is 1. The molecular weight excluding hydrogens is 472 g/mol. The lowest BCUT2D eigenvalue weighted by atomic mass is 9.63. The summed E-state index contributed by atoms with van der Waals surface area (Å²) in [4.78, 5) is 35.3. The number of benzene rings is 1. The van der Waals surface area contributed by atoms with Gasteiger partial charge < -0.3 is 20.7 Å². The third kappa shape index (κ3) is 4.94. The van der Waals surface area contributed by atoms with Gasteiger partial charge in [0.2, 0.25) is 11.9 Å². The van der Waals surface area contributed by atoms with Gasteiger partial charge in [0.15, 0.2) is 0 Å². The Morgan fingerprint density at radius 2 is 1.89 bits per heavy atom. The highest BCUT2D eigenvalue weighted by molar-refractivity contribution is 6.09. The zero-order valence-corrected chi connectivity index (χ0v) is 20.7. The number of nitrogen functional groups attached to an aromatic ring is 1. The second-order valence-electron chi connectivity index (χ2n) is 9.58. The number of carbonyl (C=O) groups excluding carboxylic acids is 2. The lowest BCUT2D eigenvalue weighted by Gasteiger charge is -2.42. The van der Waals surface area contributed by atoms with E-state index < -0.39 is 11.3 Å². The summed E-state index contributed by atoms with van der Waals surface area (Å²) in [5.74, 6) is -0.0864. The lowest BCUT2D eigenvalue weighted by Crippen LogP contribution is -2.50. The van der Waals surface area contributed by atoms with Crippen molar-refractivity contribution in [2.45, 2.75) is 43.7 Å². The van der Waals surface area contributed by atoms with E-state index >= 15 is 0 Å². The Morgan fingerprint density at radius 1 is 1.16 bits per heavy atom. The summed E-state index contributed by atoms with van der Waals surface area (Å²) < 4.78 is 6.78. The summed E-state index contributed by atoms with van der Waals surface area (Å²) in [7, 11) is 1.65. The van der Waals surface area contributed by atoms with Crippen LogP contribution in [0.5, 0.6) is 0 Å². The van der Waals surface area contributed by atoms with Gasteiger partial charge in [-0.3, -0.25) is 19.7 Å². The minimum absolute atomic E-state index is 0.0521. The van der Waals surface area contributed by atoms with Crippen LogP contribution in [-0.2, 0) is 21.5 Å². The monoisotopic (exact) mass is 502 g/mol. The molecule has 1 aliphatic carbocycles. The number of hydrogen-bond acceptors (Lipinski definition) is 8. The Hall–Kier alpha value is -4.12. The van der Waals surface area contributed by atoms with Crippen molar-refractivity contribution in [3.63, 3.8) is 0 Å². The number of aromatic nitrogens is 4. The Balaban J connectivity index is 1.22. The number of methoxy groups -OCH3 is 1. The molecule has 0 unspecified atom stereocenters. The molecule has 4 N–H and O–H groups in total. The first-order valence-electron chi connectivity index (χ1n) is 12.3. The Kier molecular flexibility index (Phi) is 6.70. The molecule has 3 heterocycles. The summed E-state index contributed by atoms with van der Waals surface area (Å²) in [6.07, 6.45) is 9.74. The number of rotatable bonds is 7. The van der Waals surface area contributed by atoms with E-state index in [4.69, 9.17) is 15.9 Å². The standard InChI is InChI=1S/C26H30N8O3/c1-37-21-7-10-33(15-21)22(35)16-34-14-19(13-31-34)23(36)32-24(27)26(8-2-9-26)20-5-3-17(4-6-20)18-11-29-25(28)30-12-18/h3-6,11-14,21H,2,7-10,15-16H2,1H3,(H2,27,32,36)(H2,28,29,30)/t21-/m1/s1.